The number of rotatable bonds is 21. The van der Waals surface area contributed by atoms with Crippen LogP contribution in [-0.2, 0) is 22.8 Å². The highest BCUT2D eigenvalue weighted by Gasteiger charge is 2.31. The molecule has 0 rings (SSSR count). The molecular formula is C28H60O5Si3. The molecule has 3 unspecified atom stereocenters. The van der Waals surface area contributed by atoms with Gasteiger partial charge in [-0.2, -0.15) is 0 Å². The van der Waals surface area contributed by atoms with Gasteiger partial charge in [0.1, 0.15) is 0 Å². The zero-order valence-corrected chi connectivity index (χ0v) is 28.7. The fourth-order valence-electron chi connectivity index (χ4n) is 4.12. The molecule has 0 heterocycles. The highest BCUT2D eigenvalue weighted by molar-refractivity contribution is 6.70. The topological polar surface area (TPSA) is 54.0 Å². The predicted octanol–water partition coefficient (Wildman–Crippen LogP) is 8.69. The van der Waals surface area contributed by atoms with Crippen LogP contribution in [0.2, 0.25) is 58.9 Å². The van der Waals surface area contributed by atoms with Gasteiger partial charge in [-0.05, 0) is 78.2 Å². The van der Waals surface area contributed by atoms with E-state index in [9.17, 15) is 4.79 Å². The Balaban J connectivity index is 5.40. The van der Waals surface area contributed by atoms with Crippen LogP contribution in [0.1, 0.15) is 77.6 Å². The summed E-state index contributed by atoms with van der Waals surface area (Å²) in [7, 11) is -3.72. The van der Waals surface area contributed by atoms with Crippen molar-refractivity contribution in [2.75, 3.05) is 7.11 Å². The van der Waals surface area contributed by atoms with E-state index in [1.165, 1.54) is 26.4 Å². The van der Waals surface area contributed by atoms with E-state index in [1.54, 1.807) is 0 Å². The van der Waals surface area contributed by atoms with Gasteiger partial charge < -0.3 is 18.0 Å². The zero-order valence-electron chi connectivity index (χ0n) is 25.7. The number of ether oxygens (including phenoxy) is 1. The largest absolute Gasteiger partial charge is 0.469 e. The summed E-state index contributed by atoms with van der Waals surface area (Å²) in [6, 6.07) is 0. The Labute approximate surface area is 227 Å². The van der Waals surface area contributed by atoms with E-state index >= 15 is 0 Å². The Kier molecular flexibility index (Phi) is 18.0. The molecule has 5 nitrogen and oxygen atoms in total. The third-order valence-corrected chi connectivity index (χ3v) is 8.57. The van der Waals surface area contributed by atoms with Crippen molar-refractivity contribution in [1.29, 1.82) is 0 Å². The van der Waals surface area contributed by atoms with Gasteiger partial charge in [-0.15, -0.1) is 0 Å². The van der Waals surface area contributed by atoms with Gasteiger partial charge in [-0.3, -0.25) is 4.79 Å². The number of unbranched alkanes of at least 4 members (excludes halogenated alkanes) is 6. The van der Waals surface area contributed by atoms with Gasteiger partial charge in [0.15, 0.2) is 25.0 Å². The molecule has 0 saturated carbocycles. The highest BCUT2D eigenvalue weighted by atomic mass is 28.4. The monoisotopic (exact) mass is 560 g/mol. The molecule has 8 heteroatoms. The number of hydrogen-bond acceptors (Lipinski definition) is 5. The molecule has 0 amide bonds. The van der Waals surface area contributed by atoms with Gasteiger partial charge in [0.25, 0.3) is 0 Å². The van der Waals surface area contributed by atoms with Crippen molar-refractivity contribution in [2.24, 2.45) is 0 Å². The van der Waals surface area contributed by atoms with Gasteiger partial charge in [0.2, 0.25) is 0 Å². The average Bonchev–Trinajstić information content (AvgIpc) is 2.72. The van der Waals surface area contributed by atoms with E-state index < -0.39 is 25.0 Å². The highest BCUT2D eigenvalue weighted by Crippen LogP contribution is 2.24. The molecule has 0 aliphatic heterocycles. The summed E-state index contributed by atoms with van der Waals surface area (Å²) in [6.45, 7) is 22.6. The molecule has 214 valence electrons. The third kappa shape index (κ3) is 21.8. The van der Waals surface area contributed by atoms with Gasteiger partial charge in [0, 0.05) is 6.42 Å². The van der Waals surface area contributed by atoms with Crippen molar-refractivity contribution < 1.29 is 22.8 Å². The lowest BCUT2D eigenvalue weighted by Crippen LogP contribution is -2.44. The molecule has 0 aliphatic rings. The van der Waals surface area contributed by atoms with E-state index in [-0.39, 0.29) is 24.3 Å². The summed E-state index contributed by atoms with van der Waals surface area (Å²) in [5.74, 6) is -0.108. The molecule has 0 aromatic heterocycles. The number of esters is 1. The van der Waals surface area contributed by atoms with Crippen LogP contribution in [0.5, 0.6) is 0 Å². The molecule has 0 fully saturated rings. The summed E-state index contributed by atoms with van der Waals surface area (Å²) < 4.78 is 24.8. The Morgan fingerprint density at radius 1 is 0.667 bits per heavy atom. The maximum Gasteiger partial charge on any atom is 0.305 e. The van der Waals surface area contributed by atoms with Crippen LogP contribution in [-0.4, -0.2) is 56.3 Å². The van der Waals surface area contributed by atoms with E-state index in [4.69, 9.17) is 18.0 Å². The molecular weight excluding hydrogens is 501 g/mol. The standard InChI is InChI=1S/C28H60O5Si3/c1-12-13-17-20-25(31-34(3,4)5)23-24-27(33-36(9,10)11)26(32-35(6,7)8)21-18-15-14-16-19-22-28(29)30-2/h23-27H,12-22H2,1-11H3/b24-23-. The smallest absolute Gasteiger partial charge is 0.305 e. The molecule has 3 atom stereocenters. The fourth-order valence-corrected chi connectivity index (χ4v) is 7.43. The lowest BCUT2D eigenvalue weighted by atomic mass is 10.0. The van der Waals surface area contributed by atoms with Crippen LogP contribution >= 0.6 is 0 Å². The number of hydrogen-bond donors (Lipinski definition) is 0. The second-order valence-corrected chi connectivity index (χ2v) is 26.4. The summed E-state index contributed by atoms with van der Waals surface area (Å²) in [4.78, 5) is 11.3. The lowest BCUT2D eigenvalue weighted by molar-refractivity contribution is -0.140. The number of methoxy groups -OCH3 is 1. The first-order chi connectivity index (χ1) is 16.6. The summed E-state index contributed by atoms with van der Waals surface area (Å²) in [6.07, 6.45) is 16.3. The minimum Gasteiger partial charge on any atom is -0.469 e. The van der Waals surface area contributed by atoms with E-state index in [2.05, 4.69) is 78.0 Å². The maximum absolute atomic E-state index is 11.3. The molecule has 0 aromatic rings. The van der Waals surface area contributed by atoms with Crippen LogP contribution in [0.25, 0.3) is 0 Å². The molecule has 0 radical (unpaired) electrons. The summed E-state index contributed by atoms with van der Waals surface area (Å²) >= 11 is 0. The van der Waals surface area contributed by atoms with Gasteiger partial charge in [0.05, 0.1) is 25.4 Å². The SMILES string of the molecule is CCCCCC(/C=C\C(O[Si](C)(C)C)C(CCCCCCCC(=O)OC)O[Si](C)(C)C)O[Si](C)(C)C. The Hall–Kier alpha value is -0.259. The third-order valence-electron chi connectivity index (χ3n) is 5.57. The Bertz CT molecular complexity index is 606. The minimum absolute atomic E-state index is 0.0402. The number of carbonyl (C=O) groups excluding carboxylic acids is 1. The van der Waals surface area contributed by atoms with Crippen LogP contribution in [0.4, 0.5) is 0 Å². The predicted molar refractivity (Wildman–Crippen MR) is 162 cm³/mol. The van der Waals surface area contributed by atoms with Crippen molar-refractivity contribution in [3.63, 3.8) is 0 Å². The zero-order chi connectivity index (χ0) is 27.8. The molecule has 0 spiro atoms. The van der Waals surface area contributed by atoms with Gasteiger partial charge in [-0.1, -0.05) is 64.0 Å². The second kappa shape index (κ2) is 18.1. The summed E-state index contributed by atoms with van der Waals surface area (Å²) in [5.41, 5.74) is 0. The Morgan fingerprint density at radius 3 is 1.72 bits per heavy atom. The lowest BCUT2D eigenvalue weighted by Gasteiger charge is -2.35. The molecule has 0 N–H and O–H groups in total. The van der Waals surface area contributed by atoms with Crippen molar-refractivity contribution in [2.45, 2.75) is 155 Å². The fraction of sp³-hybridized carbons (Fsp3) is 0.893. The molecule has 36 heavy (non-hydrogen) atoms. The van der Waals surface area contributed by atoms with E-state index in [0.29, 0.717) is 6.42 Å². The second-order valence-electron chi connectivity index (χ2n) is 13.0. The van der Waals surface area contributed by atoms with Crippen LogP contribution in [0.15, 0.2) is 12.2 Å². The maximum atomic E-state index is 11.3. The summed E-state index contributed by atoms with van der Waals surface area (Å²) in [5, 5.41) is 0. The van der Waals surface area contributed by atoms with Gasteiger partial charge in [-0.25, -0.2) is 0 Å². The van der Waals surface area contributed by atoms with Crippen LogP contribution in [0.3, 0.4) is 0 Å². The van der Waals surface area contributed by atoms with Crippen LogP contribution in [0, 0.1) is 0 Å². The molecule has 0 aromatic carbocycles. The van der Waals surface area contributed by atoms with Gasteiger partial charge >= 0.3 is 5.97 Å². The molecule has 0 aliphatic carbocycles. The van der Waals surface area contributed by atoms with E-state index in [0.717, 1.165) is 44.9 Å². The minimum atomic E-state index is -1.78. The van der Waals surface area contributed by atoms with Crippen molar-refractivity contribution in [3.8, 4) is 0 Å². The van der Waals surface area contributed by atoms with Crippen LogP contribution < -0.4 is 0 Å². The van der Waals surface area contributed by atoms with E-state index in [1.807, 2.05) is 0 Å². The Morgan fingerprint density at radius 2 is 1.19 bits per heavy atom. The molecule has 0 saturated heterocycles. The van der Waals surface area contributed by atoms with Crippen molar-refractivity contribution in [1.82, 2.24) is 0 Å². The first kappa shape index (κ1) is 35.7. The van der Waals surface area contributed by atoms with Crippen molar-refractivity contribution in [3.05, 3.63) is 12.2 Å². The first-order valence-electron chi connectivity index (χ1n) is 14.3. The number of carbonyl (C=O) groups is 1. The molecule has 0 bridgehead atoms. The van der Waals surface area contributed by atoms with Crippen molar-refractivity contribution >= 4 is 30.9 Å². The normalized spacial score (nSPS) is 15.8. The first-order valence-corrected chi connectivity index (χ1v) is 24.6. The quantitative estimate of drug-likeness (QED) is 0.0608. The average molecular weight is 561 g/mol.